The second-order valence-corrected chi connectivity index (χ2v) is 14.8. The molecule has 0 amide bonds. The molecule has 7 rings (SSSR count). The normalized spacial score (nSPS) is 26.0. The number of fused-ring (bicyclic) bond motifs is 1. The van der Waals surface area contributed by atoms with E-state index in [0.717, 1.165) is 24.3 Å². The molecule has 5 aromatic rings. The highest BCUT2D eigenvalue weighted by atomic mass is 16.7. The molecule has 0 spiro atoms. The maximum Gasteiger partial charge on any atom is 0.331 e. The van der Waals surface area contributed by atoms with Crippen molar-refractivity contribution in [3.63, 3.8) is 0 Å². The monoisotopic (exact) mass is 886 g/mol. The Morgan fingerprint density at radius 2 is 1.16 bits per heavy atom. The number of ether oxygens (including phenoxy) is 6. The molecule has 1 aromatic heterocycles. The summed E-state index contributed by atoms with van der Waals surface area (Å²) in [6.07, 6.45) is -12.4. The fourth-order valence-corrected chi connectivity index (χ4v) is 6.92. The fourth-order valence-electron chi connectivity index (χ4n) is 6.92. The lowest BCUT2D eigenvalue weighted by Crippen LogP contribution is -2.63. The van der Waals surface area contributed by atoms with Gasteiger partial charge in [0.05, 0.1) is 12.7 Å². The topological polar surface area (TPSA) is 302 Å². The second kappa shape index (κ2) is 19.2. The molecule has 336 valence electrons. The van der Waals surface area contributed by atoms with E-state index in [2.05, 4.69) is 0 Å². The van der Waals surface area contributed by atoms with Crippen molar-refractivity contribution in [1.82, 2.24) is 0 Å². The van der Waals surface area contributed by atoms with Gasteiger partial charge in [0.25, 0.3) is 0 Å². The smallest absolute Gasteiger partial charge is 0.331 e. The Morgan fingerprint density at radius 1 is 0.641 bits per heavy atom. The minimum Gasteiger partial charge on any atom is -0.508 e. The van der Waals surface area contributed by atoms with Crippen LogP contribution in [0.3, 0.4) is 0 Å². The van der Waals surface area contributed by atoms with Crippen molar-refractivity contribution >= 4 is 35.1 Å². The van der Waals surface area contributed by atoms with Gasteiger partial charge in [-0.2, -0.15) is 0 Å². The first kappa shape index (κ1) is 45.1. The molecule has 0 aliphatic carbocycles. The standard InChI is InChI=1S/C45H42O19/c1-21-40(62-32(51)16-6-22-2-10-25(46)11-3-22)36(54)38(56)44(59-21)58-20-31-42(63-33(52)17-7-23-4-12-26(47)13-5-23)37(55)39(57)45(61-31)64-43-35(53)34-29(50)18-28(49)19-30(34)60-41(43)24-8-14-27(48)15-9-24/h2-19,21,31,36-40,42,44-50,54-57H,20H2,1H3/t21-,31+,36-,37+,38+,39+,40-,42-,44-,45-/m0/s1. The number of rotatable bonds is 12. The fraction of sp³-hybridized carbons (Fsp3) is 0.267. The Morgan fingerprint density at radius 3 is 1.73 bits per heavy atom. The minimum atomic E-state index is -2.08. The number of aliphatic hydroxyl groups excluding tert-OH is 4. The molecule has 19 nitrogen and oxygen atoms in total. The Balaban J connectivity index is 1.13. The first-order valence-corrected chi connectivity index (χ1v) is 19.6. The van der Waals surface area contributed by atoms with Gasteiger partial charge in [-0.3, -0.25) is 4.79 Å². The molecule has 2 fully saturated rings. The van der Waals surface area contributed by atoms with E-state index in [-0.39, 0.29) is 34.2 Å². The molecule has 0 unspecified atom stereocenters. The number of carbonyl (C=O) groups excluding carboxylic acids is 2. The van der Waals surface area contributed by atoms with Gasteiger partial charge < -0.3 is 78.8 Å². The largest absolute Gasteiger partial charge is 0.508 e. The lowest BCUT2D eigenvalue weighted by Gasteiger charge is -2.43. The molecule has 0 saturated carbocycles. The van der Waals surface area contributed by atoms with E-state index < -0.39 is 108 Å². The Labute approximate surface area is 362 Å². The van der Waals surface area contributed by atoms with Crippen LogP contribution in [0.1, 0.15) is 18.1 Å². The summed E-state index contributed by atoms with van der Waals surface area (Å²) in [7, 11) is 0. The number of hydrogen-bond donors (Lipinski definition) is 9. The number of phenolic OH excluding ortho intramolecular Hbond substituents is 5. The van der Waals surface area contributed by atoms with E-state index in [1.54, 1.807) is 12.1 Å². The number of phenols is 5. The lowest BCUT2D eigenvalue weighted by atomic mass is 9.98. The van der Waals surface area contributed by atoms with Gasteiger partial charge in [-0.15, -0.1) is 0 Å². The third-order valence-electron chi connectivity index (χ3n) is 10.2. The average Bonchev–Trinajstić information content (AvgIpc) is 3.26. The van der Waals surface area contributed by atoms with Gasteiger partial charge in [-0.05, 0) is 78.7 Å². The lowest BCUT2D eigenvalue weighted by molar-refractivity contribution is -0.319. The molecule has 10 atom stereocenters. The predicted octanol–water partition coefficient (Wildman–Crippen LogP) is 2.55. The summed E-state index contributed by atoms with van der Waals surface area (Å²) in [5, 5.41) is 94.3. The van der Waals surface area contributed by atoms with Crippen LogP contribution in [-0.2, 0) is 33.3 Å². The summed E-state index contributed by atoms with van der Waals surface area (Å²) >= 11 is 0. The van der Waals surface area contributed by atoms with Crippen LogP contribution < -0.4 is 10.2 Å². The zero-order chi connectivity index (χ0) is 45.8. The summed E-state index contributed by atoms with van der Waals surface area (Å²) in [6.45, 7) is 0.709. The zero-order valence-corrected chi connectivity index (χ0v) is 33.5. The number of aliphatic hydroxyl groups is 4. The van der Waals surface area contributed by atoms with E-state index in [0.29, 0.717) is 11.1 Å². The van der Waals surface area contributed by atoms with Crippen LogP contribution in [0.25, 0.3) is 34.4 Å². The molecule has 19 heteroatoms. The minimum absolute atomic E-state index is 0.0202. The summed E-state index contributed by atoms with van der Waals surface area (Å²) < 4.78 is 40.4. The third-order valence-corrected chi connectivity index (χ3v) is 10.2. The van der Waals surface area contributed by atoms with Gasteiger partial charge in [0, 0.05) is 29.8 Å². The van der Waals surface area contributed by atoms with Gasteiger partial charge >= 0.3 is 11.9 Å². The second-order valence-electron chi connectivity index (χ2n) is 14.8. The van der Waals surface area contributed by atoms with Crippen molar-refractivity contribution in [3.8, 4) is 45.8 Å². The summed E-state index contributed by atoms with van der Waals surface area (Å²) in [6, 6.07) is 18.9. The highest BCUT2D eigenvalue weighted by molar-refractivity contribution is 5.89. The molecule has 4 aromatic carbocycles. The number of esters is 2. The van der Waals surface area contributed by atoms with Crippen molar-refractivity contribution in [1.29, 1.82) is 0 Å². The number of hydrogen-bond acceptors (Lipinski definition) is 19. The van der Waals surface area contributed by atoms with Gasteiger partial charge in [-0.1, -0.05) is 24.3 Å². The zero-order valence-electron chi connectivity index (χ0n) is 33.5. The van der Waals surface area contributed by atoms with Crippen LogP contribution in [0.5, 0.6) is 34.5 Å². The molecule has 0 bridgehead atoms. The first-order chi connectivity index (χ1) is 30.6. The molecule has 64 heavy (non-hydrogen) atoms. The maximum absolute atomic E-state index is 14.0. The molecule has 3 heterocycles. The van der Waals surface area contributed by atoms with E-state index in [9.17, 15) is 60.3 Å². The Bertz CT molecular complexity index is 2570. The van der Waals surface area contributed by atoms with Crippen molar-refractivity contribution in [2.75, 3.05) is 6.61 Å². The molecular weight excluding hydrogens is 844 g/mol. The van der Waals surface area contributed by atoms with E-state index >= 15 is 0 Å². The molecular formula is C45H42O19. The number of benzene rings is 4. The quantitative estimate of drug-likeness (QED) is 0.0642. The SMILES string of the molecule is C[C@@H]1O[C@H](OC[C@H]2O[C@@H](Oc3c(-c4ccc(O)cc4)oc4cc(O)cc(O)c4c3=O)[C@H](O)[C@@H](O)[C@H]2OC(=O)C=Cc2ccc(O)cc2)[C@H](O)[C@H](O)[C@H]1OC(=O)C=Cc1ccc(O)cc1. The number of aromatic hydroxyl groups is 5. The molecule has 2 aliphatic rings. The summed E-state index contributed by atoms with van der Waals surface area (Å²) in [5.41, 5.74) is -0.103. The van der Waals surface area contributed by atoms with Crippen LogP contribution in [0.2, 0.25) is 0 Å². The van der Waals surface area contributed by atoms with E-state index in [1.165, 1.54) is 79.7 Å². The van der Waals surface area contributed by atoms with Crippen molar-refractivity contribution in [2.45, 2.75) is 68.3 Å². The van der Waals surface area contributed by atoms with Gasteiger partial charge in [-0.25, -0.2) is 9.59 Å². The third kappa shape index (κ3) is 10.1. The number of carbonyl (C=O) groups is 2. The van der Waals surface area contributed by atoms with Crippen molar-refractivity contribution in [2.24, 2.45) is 0 Å². The Hall–Kier alpha value is -6.97. The average molecular weight is 887 g/mol. The van der Waals surface area contributed by atoms with Gasteiger partial charge in [0.2, 0.25) is 17.5 Å². The van der Waals surface area contributed by atoms with E-state index in [1.807, 2.05) is 0 Å². The molecule has 2 saturated heterocycles. The highest BCUT2D eigenvalue weighted by Crippen LogP contribution is 2.38. The molecule has 2 aliphatic heterocycles. The maximum atomic E-state index is 14.0. The van der Waals surface area contributed by atoms with Gasteiger partial charge in [0.15, 0.2) is 24.3 Å². The van der Waals surface area contributed by atoms with Crippen LogP contribution in [-0.4, -0.2) is 126 Å². The van der Waals surface area contributed by atoms with Crippen LogP contribution in [0.15, 0.2) is 106 Å². The van der Waals surface area contributed by atoms with Crippen molar-refractivity contribution < 1.29 is 88.4 Å². The summed E-state index contributed by atoms with van der Waals surface area (Å²) in [5.74, 6) is -4.20. The van der Waals surface area contributed by atoms with Crippen LogP contribution in [0.4, 0.5) is 0 Å². The first-order valence-electron chi connectivity index (χ1n) is 19.6. The predicted molar refractivity (Wildman–Crippen MR) is 221 cm³/mol. The van der Waals surface area contributed by atoms with Gasteiger partial charge in [0.1, 0.15) is 70.2 Å². The van der Waals surface area contributed by atoms with E-state index in [4.69, 9.17) is 32.8 Å². The van der Waals surface area contributed by atoms with Crippen molar-refractivity contribution in [3.05, 3.63) is 118 Å². The highest BCUT2D eigenvalue weighted by Gasteiger charge is 2.50. The Kier molecular flexibility index (Phi) is 13.5. The molecule has 9 N–H and O–H groups in total. The summed E-state index contributed by atoms with van der Waals surface area (Å²) in [4.78, 5) is 39.8. The molecule has 0 radical (unpaired) electrons. The van der Waals surface area contributed by atoms with Crippen LogP contribution >= 0.6 is 0 Å². The van der Waals surface area contributed by atoms with Crippen LogP contribution in [0, 0.1) is 0 Å².